The lowest BCUT2D eigenvalue weighted by atomic mass is 9.89. The zero-order chi connectivity index (χ0) is 14.5. The Bertz CT molecular complexity index is 473. The molecule has 0 heterocycles. The molecule has 110 valence electrons. The van der Waals surface area contributed by atoms with Gasteiger partial charge in [0.1, 0.15) is 5.75 Å². The number of hydrogen-bond donors (Lipinski definition) is 1. The quantitative estimate of drug-likeness (QED) is 0.825. The minimum absolute atomic E-state index is 0.0812. The fourth-order valence-corrected chi connectivity index (χ4v) is 3.10. The first-order chi connectivity index (χ1) is 9.60. The molecule has 1 aliphatic carbocycles. The zero-order valence-corrected chi connectivity index (χ0v) is 13.8. The van der Waals surface area contributed by atoms with E-state index in [1.165, 1.54) is 0 Å². The number of amides is 1. The number of carbonyl (C=O) groups is 1. The minimum atomic E-state index is -0.0812. The Kier molecular flexibility index (Phi) is 5.73. The number of halogens is 2. The summed E-state index contributed by atoms with van der Waals surface area (Å²) < 4.78 is 6.14. The van der Waals surface area contributed by atoms with Gasteiger partial charge in [0.05, 0.1) is 12.7 Å². The number of rotatable bonds is 4. The SMILES string of the molecule is COc1cc(Br)ccc1C(=O)NCC1CCC(Cl)CC1. The van der Waals surface area contributed by atoms with E-state index < -0.39 is 0 Å². The monoisotopic (exact) mass is 359 g/mol. The molecule has 20 heavy (non-hydrogen) atoms. The molecule has 1 aromatic carbocycles. The summed E-state index contributed by atoms with van der Waals surface area (Å²) in [6.07, 6.45) is 4.27. The fourth-order valence-electron chi connectivity index (χ4n) is 2.51. The Balaban J connectivity index is 1.92. The standard InChI is InChI=1S/C15H19BrClNO2/c1-20-14-8-11(16)4-7-13(14)15(19)18-9-10-2-5-12(17)6-3-10/h4,7-8,10,12H,2-3,5-6,9H2,1H3,(H,18,19). The van der Waals surface area contributed by atoms with Gasteiger partial charge in [-0.25, -0.2) is 0 Å². The van der Waals surface area contributed by atoms with Crippen LogP contribution in [0.3, 0.4) is 0 Å². The molecule has 1 amide bonds. The van der Waals surface area contributed by atoms with E-state index in [0.717, 1.165) is 30.2 Å². The molecule has 0 unspecified atom stereocenters. The highest BCUT2D eigenvalue weighted by molar-refractivity contribution is 9.10. The van der Waals surface area contributed by atoms with Gasteiger partial charge in [0, 0.05) is 16.4 Å². The number of hydrogen-bond acceptors (Lipinski definition) is 2. The Hall–Kier alpha value is -0.740. The summed E-state index contributed by atoms with van der Waals surface area (Å²) in [5.74, 6) is 1.04. The Morgan fingerprint density at radius 3 is 2.75 bits per heavy atom. The number of nitrogens with one attached hydrogen (secondary N) is 1. The van der Waals surface area contributed by atoms with Gasteiger partial charge in [-0.2, -0.15) is 0 Å². The third kappa shape index (κ3) is 4.13. The van der Waals surface area contributed by atoms with Crippen LogP contribution < -0.4 is 10.1 Å². The van der Waals surface area contributed by atoms with Crippen molar-refractivity contribution in [3.63, 3.8) is 0 Å². The van der Waals surface area contributed by atoms with Crippen molar-refractivity contribution in [2.45, 2.75) is 31.1 Å². The Morgan fingerprint density at radius 2 is 2.10 bits per heavy atom. The van der Waals surface area contributed by atoms with Crippen LogP contribution in [0.15, 0.2) is 22.7 Å². The van der Waals surface area contributed by atoms with Crippen LogP contribution in [0.25, 0.3) is 0 Å². The summed E-state index contributed by atoms with van der Waals surface area (Å²) in [5.41, 5.74) is 0.571. The first-order valence-electron chi connectivity index (χ1n) is 6.86. The Labute approximate surface area is 133 Å². The van der Waals surface area contributed by atoms with E-state index in [-0.39, 0.29) is 5.91 Å². The molecule has 0 spiro atoms. The van der Waals surface area contributed by atoms with Gasteiger partial charge in [-0.3, -0.25) is 4.79 Å². The molecule has 0 radical (unpaired) electrons. The maximum Gasteiger partial charge on any atom is 0.255 e. The molecule has 0 atom stereocenters. The zero-order valence-electron chi connectivity index (χ0n) is 11.5. The van der Waals surface area contributed by atoms with Crippen LogP contribution in [0, 0.1) is 5.92 Å². The molecule has 5 heteroatoms. The van der Waals surface area contributed by atoms with Crippen molar-refractivity contribution in [3.05, 3.63) is 28.2 Å². The molecule has 0 bridgehead atoms. The lowest BCUT2D eigenvalue weighted by Gasteiger charge is -2.25. The average Bonchev–Trinajstić information content (AvgIpc) is 2.46. The first-order valence-corrected chi connectivity index (χ1v) is 8.09. The molecule has 1 fully saturated rings. The van der Waals surface area contributed by atoms with E-state index in [0.29, 0.717) is 29.2 Å². The van der Waals surface area contributed by atoms with Crippen molar-refractivity contribution in [3.8, 4) is 5.75 Å². The van der Waals surface area contributed by atoms with Crippen molar-refractivity contribution >= 4 is 33.4 Å². The number of carbonyl (C=O) groups excluding carboxylic acids is 1. The number of ether oxygens (including phenoxy) is 1. The van der Waals surface area contributed by atoms with Crippen LogP contribution in [-0.4, -0.2) is 24.9 Å². The molecule has 1 saturated carbocycles. The van der Waals surface area contributed by atoms with Crippen molar-refractivity contribution < 1.29 is 9.53 Å². The van der Waals surface area contributed by atoms with Gasteiger partial charge in [0.25, 0.3) is 5.91 Å². The molecular weight excluding hydrogens is 342 g/mol. The van der Waals surface area contributed by atoms with E-state index in [2.05, 4.69) is 21.2 Å². The van der Waals surface area contributed by atoms with E-state index in [9.17, 15) is 4.79 Å². The molecular formula is C15H19BrClNO2. The number of alkyl halides is 1. The van der Waals surface area contributed by atoms with Crippen molar-refractivity contribution in [1.29, 1.82) is 0 Å². The van der Waals surface area contributed by atoms with Gasteiger partial charge < -0.3 is 10.1 Å². The fraction of sp³-hybridized carbons (Fsp3) is 0.533. The third-order valence-electron chi connectivity index (χ3n) is 3.74. The van der Waals surface area contributed by atoms with E-state index in [1.807, 2.05) is 6.07 Å². The number of benzene rings is 1. The largest absolute Gasteiger partial charge is 0.496 e. The number of methoxy groups -OCH3 is 1. The summed E-state index contributed by atoms with van der Waals surface area (Å²) in [6, 6.07) is 5.41. The maximum atomic E-state index is 12.2. The first kappa shape index (κ1) is 15.6. The second-order valence-electron chi connectivity index (χ2n) is 5.17. The van der Waals surface area contributed by atoms with Gasteiger partial charge in [0.15, 0.2) is 0 Å². The highest BCUT2D eigenvalue weighted by atomic mass is 79.9. The van der Waals surface area contributed by atoms with Gasteiger partial charge in [-0.05, 0) is 49.8 Å². The Morgan fingerprint density at radius 1 is 1.40 bits per heavy atom. The summed E-state index contributed by atoms with van der Waals surface area (Å²) in [4.78, 5) is 12.2. The van der Waals surface area contributed by atoms with Crippen molar-refractivity contribution in [2.75, 3.05) is 13.7 Å². The predicted molar refractivity (Wildman–Crippen MR) is 84.6 cm³/mol. The second kappa shape index (κ2) is 7.32. The van der Waals surface area contributed by atoms with Crippen LogP contribution in [0.4, 0.5) is 0 Å². The van der Waals surface area contributed by atoms with Crippen molar-refractivity contribution in [1.82, 2.24) is 5.32 Å². The third-order valence-corrected chi connectivity index (χ3v) is 4.67. The smallest absolute Gasteiger partial charge is 0.255 e. The molecule has 2 rings (SSSR count). The molecule has 0 aromatic heterocycles. The summed E-state index contributed by atoms with van der Waals surface area (Å²) >= 11 is 9.46. The summed E-state index contributed by atoms with van der Waals surface area (Å²) in [7, 11) is 1.57. The highest BCUT2D eigenvalue weighted by Gasteiger charge is 2.20. The highest BCUT2D eigenvalue weighted by Crippen LogP contribution is 2.27. The lowest BCUT2D eigenvalue weighted by Crippen LogP contribution is -2.31. The molecule has 3 nitrogen and oxygen atoms in total. The van der Waals surface area contributed by atoms with Gasteiger partial charge >= 0.3 is 0 Å². The van der Waals surface area contributed by atoms with Crippen LogP contribution in [0.5, 0.6) is 5.75 Å². The summed E-state index contributed by atoms with van der Waals surface area (Å²) in [5, 5.41) is 3.31. The van der Waals surface area contributed by atoms with Crippen LogP contribution in [0.1, 0.15) is 36.0 Å². The van der Waals surface area contributed by atoms with Crippen molar-refractivity contribution in [2.24, 2.45) is 5.92 Å². The van der Waals surface area contributed by atoms with Gasteiger partial charge in [-0.15, -0.1) is 11.6 Å². The average molecular weight is 361 g/mol. The van der Waals surface area contributed by atoms with E-state index in [1.54, 1.807) is 19.2 Å². The maximum absolute atomic E-state index is 12.2. The van der Waals surface area contributed by atoms with Crippen LogP contribution >= 0.6 is 27.5 Å². The van der Waals surface area contributed by atoms with E-state index >= 15 is 0 Å². The topological polar surface area (TPSA) is 38.3 Å². The summed E-state index contributed by atoms with van der Waals surface area (Å²) in [6.45, 7) is 0.710. The normalized spacial score (nSPS) is 22.4. The molecule has 1 aliphatic rings. The molecule has 0 aliphatic heterocycles. The minimum Gasteiger partial charge on any atom is -0.496 e. The van der Waals surface area contributed by atoms with Crippen LogP contribution in [-0.2, 0) is 0 Å². The van der Waals surface area contributed by atoms with Gasteiger partial charge in [-0.1, -0.05) is 15.9 Å². The molecule has 1 aromatic rings. The van der Waals surface area contributed by atoms with Crippen LogP contribution in [0.2, 0.25) is 0 Å². The van der Waals surface area contributed by atoms with Gasteiger partial charge in [0.2, 0.25) is 0 Å². The lowest BCUT2D eigenvalue weighted by molar-refractivity contribution is 0.0940. The molecule has 1 N–H and O–H groups in total. The van der Waals surface area contributed by atoms with E-state index in [4.69, 9.17) is 16.3 Å². The predicted octanol–water partition coefficient (Wildman–Crippen LogP) is 3.99. The molecule has 0 saturated heterocycles. The second-order valence-corrected chi connectivity index (χ2v) is 6.71.